The van der Waals surface area contributed by atoms with Crippen molar-refractivity contribution in [3.05, 3.63) is 18.3 Å². The summed E-state index contributed by atoms with van der Waals surface area (Å²) in [6.45, 7) is 0.747. The molecular formula is C12H18N2O2. The molecule has 1 N–H and O–H groups in total. The van der Waals surface area contributed by atoms with E-state index in [0.717, 1.165) is 18.2 Å². The molecule has 0 saturated heterocycles. The van der Waals surface area contributed by atoms with E-state index in [1.54, 1.807) is 20.4 Å². The van der Waals surface area contributed by atoms with Gasteiger partial charge in [-0.3, -0.25) is 0 Å². The molecule has 88 valence electrons. The Morgan fingerprint density at radius 1 is 1.44 bits per heavy atom. The van der Waals surface area contributed by atoms with Crippen molar-refractivity contribution in [2.45, 2.75) is 18.9 Å². The smallest absolute Gasteiger partial charge is 0.213 e. The van der Waals surface area contributed by atoms with E-state index in [2.05, 4.69) is 10.3 Å². The number of hydrogen-bond donors (Lipinski definition) is 1. The van der Waals surface area contributed by atoms with Gasteiger partial charge in [0, 0.05) is 13.2 Å². The van der Waals surface area contributed by atoms with Crippen LogP contribution in [-0.2, 0) is 4.74 Å². The minimum atomic E-state index is 0.403. The number of methoxy groups -OCH3 is 2. The number of rotatable bonds is 6. The fourth-order valence-corrected chi connectivity index (χ4v) is 1.77. The minimum absolute atomic E-state index is 0.403. The first-order chi connectivity index (χ1) is 7.83. The summed E-state index contributed by atoms with van der Waals surface area (Å²) in [7, 11) is 3.36. The lowest BCUT2D eigenvalue weighted by Crippen LogP contribution is -2.27. The molecule has 0 bridgehead atoms. The average molecular weight is 222 g/mol. The molecule has 0 aliphatic heterocycles. The van der Waals surface area contributed by atoms with Gasteiger partial charge in [0.15, 0.2) is 0 Å². The van der Waals surface area contributed by atoms with Crippen molar-refractivity contribution >= 4 is 5.69 Å². The van der Waals surface area contributed by atoms with Gasteiger partial charge in [0.1, 0.15) is 0 Å². The van der Waals surface area contributed by atoms with Crippen LogP contribution in [0.3, 0.4) is 0 Å². The van der Waals surface area contributed by atoms with Gasteiger partial charge in [-0.15, -0.1) is 0 Å². The van der Waals surface area contributed by atoms with Crippen LogP contribution in [0.5, 0.6) is 5.88 Å². The van der Waals surface area contributed by atoms with Gasteiger partial charge in [0.25, 0.3) is 0 Å². The van der Waals surface area contributed by atoms with Gasteiger partial charge in [-0.2, -0.15) is 0 Å². The molecule has 1 aromatic heterocycles. The fraction of sp³-hybridized carbons (Fsp3) is 0.583. The molecule has 1 unspecified atom stereocenters. The second-order valence-electron chi connectivity index (χ2n) is 4.13. The van der Waals surface area contributed by atoms with Crippen molar-refractivity contribution in [2.75, 3.05) is 26.1 Å². The van der Waals surface area contributed by atoms with E-state index in [0.29, 0.717) is 11.9 Å². The maximum atomic E-state index is 5.21. The second kappa shape index (κ2) is 5.16. The summed E-state index contributed by atoms with van der Waals surface area (Å²) in [6, 6.07) is 4.25. The Bertz CT molecular complexity index is 322. The summed E-state index contributed by atoms with van der Waals surface area (Å²) >= 11 is 0. The van der Waals surface area contributed by atoms with Crippen LogP contribution < -0.4 is 10.1 Å². The molecule has 0 spiro atoms. The summed E-state index contributed by atoms with van der Waals surface area (Å²) in [6.07, 6.45) is 4.39. The van der Waals surface area contributed by atoms with Gasteiger partial charge in [-0.05, 0) is 24.8 Å². The zero-order valence-corrected chi connectivity index (χ0v) is 9.77. The van der Waals surface area contributed by atoms with Crippen molar-refractivity contribution in [3.63, 3.8) is 0 Å². The molecule has 2 rings (SSSR count). The van der Waals surface area contributed by atoms with Crippen molar-refractivity contribution in [2.24, 2.45) is 5.92 Å². The number of hydrogen-bond acceptors (Lipinski definition) is 4. The lowest BCUT2D eigenvalue weighted by Gasteiger charge is -2.18. The largest absolute Gasteiger partial charge is 0.481 e. The molecule has 1 saturated carbocycles. The lowest BCUT2D eigenvalue weighted by molar-refractivity contribution is 0.179. The first-order valence-electron chi connectivity index (χ1n) is 5.59. The fourth-order valence-electron chi connectivity index (χ4n) is 1.77. The van der Waals surface area contributed by atoms with Gasteiger partial charge >= 0.3 is 0 Å². The molecule has 1 aliphatic rings. The Hall–Kier alpha value is -1.29. The topological polar surface area (TPSA) is 43.4 Å². The molecule has 4 nitrogen and oxygen atoms in total. The number of anilines is 1. The standard InChI is InChI=1S/C12H18N2O2/c1-15-8-11(9-3-4-9)14-10-5-6-12(16-2)13-7-10/h5-7,9,11,14H,3-4,8H2,1-2H3. The van der Waals surface area contributed by atoms with Crippen LogP contribution >= 0.6 is 0 Å². The third-order valence-electron chi connectivity index (χ3n) is 2.83. The van der Waals surface area contributed by atoms with E-state index in [-0.39, 0.29) is 0 Å². The van der Waals surface area contributed by atoms with E-state index in [1.165, 1.54) is 12.8 Å². The third kappa shape index (κ3) is 2.85. The summed E-state index contributed by atoms with van der Waals surface area (Å²) in [4.78, 5) is 4.16. The third-order valence-corrected chi connectivity index (χ3v) is 2.83. The molecule has 1 aromatic rings. The molecule has 1 atom stereocenters. The number of nitrogens with zero attached hydrogens (tertiary/aromatic N) is 1. The monoisotopic (exact) mass is 222 g/mol. The first-order valence-corrected chi connectivity index (χ1v) is 5.59. The highest BCUT2D eigenvalue weighted by Crippen LogP contribution is 2.34. The van der Waals surface area contributed by atoms with Crippen LogP contribution in [0, 0.1) is 5.92 Å². The van der Waals surface area contributed by atoms with Gasteiger partial charge in [-0.25, -0.2) is 4.98 Å². The van der Waals surface area contributed by atoms with Crippen molar-refractivity contribution in [3.8, 4) is 5.88 Å². The maximum absolute atomic E-state index is 5.21. The molecular weight excluding hydrogens is 204 g/mol. The molecule has 4 heteroatoms. The van der Waals surface area contributed by atoms with Crippen LogP contribution in [0.25, 0.3) is 0 Å². The summed E-state index contributed by atoms with van der Waals surface area (Å²) in [5, 5.41) is 3.45. The summed E-state index contributed by atoms with van der Waals surface area (Å²) in [5.41, 5.74) is 1.02. The number of nitrogens with one attached hydrogen (secondary N) is 1. The van der Waals surface area contributed by atoms with Crippen molar-refractivity contribution in [1.29, 1.82) is 0 Å². The van der Waals surface area contributed by atoms with E-state index in [9.17, 15) is 0 Å². The van der Waals surface area contributed by atoms with E-state index < -0.39 is 0 Å². The van der Waals surface area contributed by atoms with Gasteiger partial charge in [0.05, 0.1) is 31.6 Å². The van der Waals surface area contributed by atoms with Gasteiger partial charge in [-0.1, -0.05) is 0 Å². The Morgan fingerprint density at radius 3 is 2.75 bits per heavy atom. The van der Waals surface area contributed by atoms with E-state index in [1.807, 2.05) is 12.1 Å². The Morgan fingerprint density at radius 2 is 2.25 bits per heavy atom. The zero-order valence-electron chi connectivity index (χ0n) is 9.77. The van der Waals surface area contributed by atoms with Crippen LogP contribution in [-0.4, -0.2) is 31.9 Å². The molecule has 0 amide bonds. The highest BCUT2D eigenvalue weighted by molar-refractivity contribution is 5.43. The Balaban J connectivity index is 1.94. The SMILES string of the molecule is COCC(Nc1ccc(OC)nc1)C1CC1. The van der Waals surface area contributed by atoms with Crippen LogP contribution in [0.15, 0.2) is 18.3 Å². The highest BCUT2D eigenvalue weighted by Gasteiger charge is 2.31. The number of aromatic nitrogens is 1. The molecule has 1 heterocycles. The second-order valence-corrected chi connectivity index (χ2v) is 4.13. The molecule has 1 fully saturated rings. The predicted molar refractivity (Wildman–Crippen MR) is 62.8 cm³/mol. The summed E-state index contributed by atoms with van der Waals surface area (Å²) < 4.78 is 10.2. The van der Waals surface area contributed by atoms with Crippen LogP contribution in [0.4, 0.5) is 5.69 Å². The molecule has 16 heavy (non-hydrogen) atoms. The minimum Gasteiger partial charge on any atom is -0.481 e. The van der Waals surface area contributed by atoms with E-state index >= 15 is 0 Å². The Kier molecular flexibility index (Phi) is 3.62. The van der Waals surface area contributed by atoms with Crippen LogP contribution in [0.1, 0.15) is 12.8 Å². The molecule has 0 radical (unpaired) electrons. The van der Waals surface area contributed by atoms with Gasteiger partial charge < -0.3 is 14.8 Å². The Labute approximate surface area is 96.0 Å². The van der Waals surface area contributed by atoms with E-state index in [4.69, 9.17) is 9.47 Å². The highest BCUT2D eigenvalue weighted by atomic mass is 16.5. The zero-order chi connectivity index (χ0) is 11.4. The molecule has 1 aliphatic carbocycles. The van der Waals surface area contributed by atoms with Gasteiger partial charge in [0.2, 0.25) is 5.88 Å². The summed E-state index contributed by atoms with van der Waals surface area (Å²) in [5.74, 6) is 1.39. The number of pyridine rings is 1. The van der Waals surface area contributed by atoms with Crippen LogP contribution in [0.2, 0.25) is 0 Å². The van der Waals surface area contributed by atoms with Crippen molar-refractivity contribution in [1.82, 2.24) is 4.98 Å². The quantitative estimate of drug-likeness (QED) is 0.798. The average Bonchev–Trinajstić information content (AvgIpc) is 3.13. The maximum Gasteiger partial charge on any atom is 0.213 e. The van der Waals surface area contributed by atoms with Crippen molar-refractivity contribution < 1.29 is 9.47 Å². The normalized spacial score (nSPS) is 16.9. The molecule has 0 aromatic carbocycles. The number of ether oxygens (including phenoxy) is 2. The predicted octanol–water partition coefficient (Wildman–Crippen LogP) is 1.93. The lowest BCUT2D eigenvalue weighted by atomic mass is 10.2. The first kappa shape index (κ1) is 11.2.